The molecule has 0 radical (unpaired) electrons. The van der Waals surface area contributed by atoms with Crippen LogP contribution in [0.4, 0.5) is 19.5 Å². The molecule has 0 unspecified atom stereocenters. The fourth-order valence-electron chi connectivity index (χ4n) is 1.72. The molecule has 106 valence electrons. The van der Waals surface area contributed by atoms with Gasteiger partial charge in [0.05, 0.1) is 15.6 Å². The highest BCUT2D eigenvalue weighted by Crippen LogP contribution is 2.30. The summed E-state index contributed by atoms with van der Waals surface area (Å²) in [5, 5.41) is 3.67. The lowest BCUT2D eigenvalue weighted by atomic mass is 10.2. The van der Waals surface area contributed by atoms with Crippen molar-refractivity contribution < 1.29 is 13.6 Å². The van der Waals surface area contributed by atoms with Gasteiger partial charge in [0, 0.05) is 24.6 Å². The molecule has 0 spiro atoms. The normalized spacial score (nSPS) is 10.6. The van der Waals surface area contributed by atoms with E-state index in [1.165, 1.54) is 23.5 Å². The number of Topliss-reactive ketones (excluding diaryl/α,β-unsaturated/α-hetero) is 1. The van der Waals surface area contributed by atoms with Crippen molar-refractivity contribution in [3.8, 4) is 0 Å². The zero-order valence-corrected chi connectivity index (χ0v) is 11.7. The number of nitrogens with one attached hydrogen (secondary N) is 1. The Kier molecular flexibility index (Phi) is 4.34. The molecule has 1 heterocycles. The molecule has 3 N–H and O–H groups in total. The molecule has 1 aromatic heterocycles. The van der Waals surface area contributed by atoms with Crippen LogP contribution in [-0.2, 0) is 6.54 Å². The number of nitrogens with two attached hydrogens (primary N) is 1. The molecule has 0 atom stereocenters. The van der Waals surface area contributed by atoms with Crippen LogP contribution in [0.1, 0.15) is 28.6 Å². The Morgan fingerprint density at radius 1 is 1.35 bits per heavy atom. The number of hydrogen-bond donors (Lipinski definition) is 2. The van der Waals surface area contributed by atoms with E-state index in [0.717, 1.165) is 6.07 Å². The minimum Gasteiger partial charge on any atom is -0.397 e. The number of anilines is 2. The third kappa shape index (κ3) is 3.14. The van der Waals surface area contributed by atoms with Crippen LogP contribution in [0.5, 0.6) is 0 Å². The maximum Gasteiger partial charge on any atom is 0.174 e. The molecule has 0 aliphatic carbocycles. The minimum absolute atomic E-state index is 0.0199. The molecular weight excluding hydrogens is 282 g/mol. The standard InChI is InChI=1S/C14H14F2N2OS/c1-2-12(19)14-11(17)6-13(20-14)18-7-8-3-4-9(15)5-10(8)16/h3-6,18H,2,7,17H2,1H3. The average molecular weight is 296 g/mol. The molecule has 0 aliphatic rings. The Labute approximate surface area is 119 Å². The van der Waals surface area contributed by atoms with Crippen LogP contribution < -0.4 is 11.1 Å². The van der Waals surface area contributed by atoms with Crippen LogP contribution in [0.15, 0.2) is 24.3 Å². The van der Waals surface area contributed by atoms with Crippen LogP contribution >= 0.6 is 11.3 Å². The lowest BCUT2D eigenvalue weighted by Crippen LogP contribution is -2.00. The van der Waals surface area contributed by atoms with Crippen molar-refractivity contribution in [3.05, 3.63) is 46.3 Å². The molecule has 1 aromatic carbocycles. The Morgan fingerprint density at radius 2 is 2.10 bits per heavy atom. The molecule has 0 aliphatic heterocycles. The van der Waals surface area contributed by atoms with E-state index in [1.807, 2.05) is 0 Å². The van der Waals surface area contributed by atoms with E-state index in [9.17, 15) is 13.6 Å². The van der Waals surface area contributed by atoms with Gasteiger partial charge in [0.2, 0.25) is 0 Å². The molecule has 2 rings (SSSR count). The fourth-order valence-corrected chi connectivity index (χ4v) is 2.70. The van der Waals surface area contributed by atoms with Crippen LogP contribution in [0.3, 0.4) is 0 Å². The molecule has 0 saturated heterocycles. The largest absolute Gasteiger partial charge is 0.397 e. The number of carbonyl (C=O) groups excluding carboxylic acids is 1. The SMILES string of the molecule is CCC(=O)c1sc(NCc2ccc(F)cc2F)cc1N. The number of carbonyl (C=O) groups is 1. The minimum atomic E-state index is -0.609. The van der Waals surface area contributed by atoms with Crippen LogP contribution in [0.25, 0.3) is 0 Å². The third-order valence-electron chi connectivity index (χ3n) is 2.80. The van der Waals surface area contributed by atoms with Crippen molar-refractivity contribution in [1.29, 1.82) is 0 Å². The van der Waals surface area contributed by atoms with E-state index in [1.54, 1.807) is 13.0 Å². The highest BCUT2D eigenvalue weighted by molar-refractivity contribution is 7.18. The van der Waals surface area contributed by atoms with Crippen molar-refractivity contribution in [2.24, 2.45) is 0 Å². The van der Waals surface area contributed by atoms with Gasteiger partial charge in [-0.05, 0) is 12.1 Å². The van der Waals surface area contributed by atoms with Gasteiger partial charge in [0.15, 0.2) is 5.78 Å². The first-order chi connectivity index (χ1) is 9.51. The average Bonchev–Trinajstić information content (AvgIpc) is 2.78. The summed E-state index contributed by atoms with van der Waals surface area (Å²) in [7, 11) is 0. The van der Waals surface area contributed by atoms with Gasteiger partial charge in [-0.15, -0.1) is 11.3 Å². The Bertz CT molecular complexity index is 640. The maximum atomic E-state index is 13.5. The van der Waals surface area contributed by atoms with Crippen molar-refractivity contribution in [3.63, 3.8) is 0 Å². The van der Waals surface area contributed by atoms with E-state index in [-0.39, 0.29) is 12.3 Å². The van der Waals surface area contributed by atoms with Gasteiger partial charge in [0.25, 0.3) is 0 Å². The van der Waals surface area contributed by atoms with Crippen molar-refractivity contribution in [1.82, 2.24) is 0 Å². The predicted octanol–water partition coefficient (Wildman–Crippen LogP) is 3.81. The first-order valence-corrected chi connectivity index (χ1v) is 6.93. The zero-order valence-electron chi connectivity index (χ0n) is 10.9. The predicted molar refractivity (Wildman–Crippen MR) is 77.0 cm³/mol. The summed E-state index contributed by atoms with van der Waals surface area (Å²) in [6.45, 7) is 1.97. The Balaban J connectivity index is 2.09. The van der Waals surface area contributed by atoms with E-state index in [2.05, 4.69) is 5.32 Å². The smallest absolute Gasteiger partial charge is 0.174 e. The Hall–Kier alpha value is -1.95. The molecule has 3 nitrogen and oxygen atoms in total. The van der Waals surface area contributed by atoms with E-state index in [0.29, 0.717) is 27.5 Å². The highest BCUT2D eigenvalue weighted by atomic mass is 32.1. The second-order valence-corrected chi connectivity index (χ2v) is 5.31. The number of hydrogen-bond acceptors (Lipinski definition) is 4. The molecule has 0 saturated carbocycles. The van der Waals surface area contributed by atoms with Gasteiger partial charge in [-0.25, -0.2) is 8.78 Å². The van der Waals surface area contributed by atoms with E-state index in [4.69, 9.17) is 5.73 Å². The number of thiophene rings is 1. The van der Waals surface area contributed by atoms with Crippen molar-refractivity contribution in [2.75, 3.05) is 11.1 Å². The number of nitrogen functional groups attached to an aromatic ring is 1. The molecule has 0 bridgehead atoms. The van der Waals surface area contributed by atoms with Gasteiger partial charge < -0.3 is 11.1 Å². The summed E-state index contributed by atoms with van der Waals surface area (Å²) in [4.78, 5) is 12.1. The summed E-state index contributed by atoms with van der Waals surface area (Å²) >= 11 is 1.24. The molecular formula is C14H14F2N2OS. The van der Waals surface area contributed by atoms with Crippen LogP contribution in [-0.4, -0.2) is 5.78 Å². The first kappa shape index (κ1) is 14.5. The van der Waals surface area contributed by atoms with Crippen molar-refractivity contribution >= 4 is 27.8 Å². The summed E-state index contributed by atoms with van der Waals surface area (Å²) in [6.07, 6.45) is 0.386. The van der Waals surface area contributed by atoms with E-state index >= 15 is 0 Å². The van der Waals surface area contributed by atoms with E-state index < -0.39 is 11.6 Å². The highest BCUT2D eigenvalue weighted by Gasteiger charge is 2.13. The summed E-state index contributed by atoms with van der Waals surface area (Å²) in [5.41, 5.74) is 6.53. The monoisotopic (exact) mass is 296 g/mol. The topological polar surface area (TPSA) is 55.1 Å². The first-order valence-electron chi connectivity index (χ1n) is 6.11. The third-order valence-corrected chi connectivity index (χ3v) is 3.95. The van der Waals surface area contributed by atoms with Crippen LogP contribution in [0.2, 0.25) is 0 Å². The van der Waals surface area contributed by atoms with Gasteiger partial charge in [-0.3, -0.25) is 4.79 Å². The molecule has 0 fully saturated rings. The maximum absolute atomic E-state index is 13.5. The second kappa shape index (κ2) is 6.00. The lowest BCUT2D eigenvalue weighted by molar-refractivity contribution is 0.0993. The lowest BCUT2D eigenvalue weighted by Gasteiger charge is -2.05. The number of ketones is 1. The second-order valence-electron chi connectivity index (χ2n) is 4.26. The quantitative estimate of drug-likeness (QED) is 0.825. The molecule has 2 aromatic rings. The number of rotatable bonds is 5. The molecule has 20 heavy (non-hydrogen) atoms. The number of benzene rings is 1. The zero-order chi connectivity index (χ0) is 14.7. The number of halogens is 2. The Morgan fingerprint density at radius 3 is 2.75 bits per heavy atom. The fraction of sp³-hybridized carbons (Fsp3) is 0.214. The van der Waals surface area contributed by atoms with Crippen LogP contribution in [0, 0.1) is 11.6 Å². The van der Waals surface area contributed by atoms with Gasteiger partial charge in [-0.2, -0.15) is 0 Å². The van der Waals surface area contributed by atoms with Gasteiger partial charge in [0.1, 0.15) is 11.6 Å². The van der Waals surface area contributed by atoms with Crippen molar-refractivity contribution in [2.45, 2.75) is 19.9 Å². The van der Waals surface area contributed by atoms with Gasteiger partial charge in [-0.1, -0.05) is 13.0 Å². The summed E-state index contributed by atoms with van der Waals surface area (Å²) in [6, 6.07) is 5.07. The summed E-state index contributed by atoms with van der Waals surface area (Å²) in [5.74, 6) is -1.23. The molecule has 6 heteroatoms. The summed E-state index contributed by atoms with van der Waals surface area (Å²) < 4.78 is 26.2. The van der Waals surface area contributed by atoms with Gasteiger partial charge >= 0.3 is 0 Å². The molecule has 0 amide bonds.